The summed E-state index contributed by atoms with van der Waals surface area (Å²) < 4.78 is 14.9. The van der Waals surface area contributed by atoms with Crippen molar-refractivity contribution in [1.29, 1.82) is 0 Å². The summed E-state index contributed by atoms with van der Waals surface area (Å²) in [5.74, 6) is -0.681. The molecule has 2 rings (SSSR count). The molecule has 0 amide bonds. The van der Waals surface area contributed by atoms with Crippen molar-refractivity contribution in [2.45, 2.75) is 12.1 Å². The molecule has 0 radical (unpaired) electrons. The van der Waals surface area contributed by atoms with E-state index >= 15 is 0 Å². The van der Waals surface area contributed by atoms with E-state index in [1.165, 1.54) is 0 Å². The van der Waals surface area contributed by atoms with E-state index in [0.717, 1.165) is 14.5 Å². The second-order valence-corrected chi connectivity index (χ2v) is 5.07. The van der Waals surface area contributed by atoms with Crippen molar-refractivity contribution < 1.29 is 9.18 Å². The van der Waals surface area contributed by atoms with Gasteiger partial charge in [-0.05, 0) is 49.6 Å². The molecule has 0 spiro atoms. The molecule has 0 saturated heterocycles. The Kier molecular flexibility index (Phi) is 2.75. The number of carbonyl (C=O) groups excluding carboxylic acids is 1. The molecule has 0 aliphatic heterocycles. The Morgan fingerprint density at radius 2 is 2.00 bits per heavy atom. The zero-order valence-corrected chi connectivity index (χ0v) is 10.3. The number of hydrogen-bond donors (Lipinski definition) is 0. The summed E-state index contributed by atoms with van der Waals surface area (Å²) in [4.78, 5) is 10.5. The quantitative estimate of drug-likeness (QED) is 0.762. The Balaban J connectivity index is 2.27. The lowest BCUT2D eigenvalue weighted by Crippen LogP contribution is -1.84. The van der Waals surface area contributed by atoms with Crippen LogP contribution in [-0.2, 0) is 4.79 Å². The average molecular weight is 322 g/mol. The molecule has 4 heteroatoms. The van der Waals surface area contributed by atoms with Gasteiger partial charge in [0.2, 0.25) is 0 Å². The van der Waals surface area contributed by atoms with E-state index < -0.39 is 12.1 Å². The van der Waals surface area contributed by atoms with E-state index in [1.807, 2.05) is 18.2 Å². The SMILES string of the molecule is O=CC1[C@@H](c2ccc(Br)c(Br)c2)[C@H]1F. The number of halogens is 3. The van der Waals surface area contributed by atoms with Gasteiger partial charge in [0, 0.05) is 14.9 Å². The highest BCUT2D eigenvalue weighted by Gasteiger charge is 2.52. The average Bonchev–Trinajstić information content (AvgIpc) is 2.81. The van der Waals surface area contributed by atoms with Crippen LogP contribution in [0, 0.1) is 5.92 Å². The minimum absolute atomic E-state index is 0.239. The van der Waals surface area contributed by atoms with Gasteiger partial charge in [0.25, 0.3) is 0 Å². The Labute approximate surface area is 97.9 Å². The summed E-state index contributed by atoms with van der Waals surface area (Å²) in [6, 6.07) is 5.55. The van der Waals surface area contributed by atoms with Crippen molar-refractivity contribution in [3.05, 3.63) is 32.7 Å². The second kappa shape index (κ2) is 3.74. The number of hydrogen-bond acceptors (Lipinski definition) is 1. The third-order valence-electron chi connectivity index (χ3n) is 2.47. The lowest BCUT2D eigenvalue weighted by molar-refractivity contribution is -0.109. The molecule has 0 heterocycles. The van der Waals surface area contributed by atoms with Gasteiger partial charge in [-0.3, -0.25) is 0 Å². The normalized spacial score (nSPS) is 30.1. The first-order valence-corrected chi connectivity index (χ1v) is 5.78. The molecule has 1 aromatic rings. The molecule has 1 aliphatic rings. The maximum Gasteiger partial charge on any atom is 0.126 e. The highest BCUT2D eigenvalue weighted by molar-refractivity contribution is 9.13. The molecule has 1 aromatic carbocycles. The fourth-order valence-corrected chi connectivity index (χ4v) is 2.22. The monoisotopic (exact) mass is 320 g/mol. The van der Waals surface area contributed by atoms with Gasteiger partial charge >= 0.3 is 0 Å². The summed E-state index contributed by atoms with van der Waals surface area (Å²) in [7, 11) is 0. The molecule has 1 saturated carbocycles. The maximum absolute atomic E-state index is 13.1. The summed E-state index contributed by atoms with van der Waals surface area (Å²) in [6.07, 6.45) is -0.300. The fraction of sp³-hybridized carbons (Fsp3) is 0.300. The molecule has 1 nitrogen and oxygen atoms in total. The van der Waals surface area contributed by atoms with Crippen LogP contribution in [-0.4, -0.2) is 12.5 Å². The molecule has 0 aromatic heterocycles. The summed E-state index contributed by atoms with van der Waals surface area (Å²) in [5, 5.41) is 0. The highest BCUT2D eigenvalue weighted by Crippen LogP contribution is 2.49. The number of alkyl halides is 1. The van der Waals surface area contributed by atoms with E-state index in [-0.39, 0.29) is 5.92 Å². The number of benzene rings is 1. The molecular weight excluding hydrogens is 315 g/mol. The third-order valence-corrected chi connectivity index (χ3v) is 4.35. The van der Waals surface area contributed by atoms with Crippen molar-refractivity contribution in [2.75, 3.05) is 0 Å². The molecule has 3 atom stereocenters. The van der Waals surface area contributed by atoms with E-state index in [4.69, 9.17) is 0 Å². The van der Waals surface area contributed by atoms with Crippen LogP contribution in [0.3, 0.4) is 0 Å². The summed E-state index contributed by atoms with van der Waals surface area (Å²) in [5.41, 5.74) is 0.879. The van der Waals surface area contributed by atoms with Crippen molar-refractivity contribution in [3.8, 4) is 0 Å². The molecule has 0 N–H and O–H groups in total. The van der Waals surface area contributed by atoms with E-state index in [9.17, 15) is 9.18 Å². The van der Waals surface area contributed by atoms with Gasteiger partial charge in [-0.2, -0.15) is 0 Å². The van der Waals surface area contributed by atoms with Gasteiger partial charge in [0.15, 0.2) is 0 Å². The van der Waals surface area contributed by atoms with Crippen LogP contribution in [0.4, 0.5) is 4.39 Å². The van der Waals surface area contributed by atoms with E-state index in [1.54, 1.807) is 0 Å². The van der Waals surface area contributed by atoms with Crippen LogP contribution in [0.5, 0.6) is 0 Å². The van der Waals surface area contributed by atoms with Crippen LogP contribution in [0.15, 0.2) is 27.1 Å². The molecule has 0 bridgehead atoms. The minimum atomic E-state index is -0.999. The van der Waals surface area contributed by atoms with Crippen LogP contribution in [0.25, 0.3) is 0 Å². The Morgan fingerprint density at radius 1 is 1.29 bits per heavy atom. The van der Waals surface area contributed by atoms with Crippen molar-refractivity contribution in [1.82, 2.24) is 0 Å². The molecule has 14 heavy (non-hydrogen) atoms. The first-order chi connectivity index (χ1) is 6.65. The van der Waals surface area contributed by atoms with Gasteiger partial charge in [-0.25, -0.2) is 4.39 Å². The first-order valence-electron chi connectivity index (χ1n) is 4.19. The minimum Gasteiger partial charge on any atom is -0.303 e. The zero-order chi connectivity index (χ0) is 10.3. The molecule has 1 fully saturated rings. The van der Waals surface area contributed by atoms with Gasteiger partial charge in [-0.15, -0.1) is 0 Å². The van der Waals surface area contributed by atoms with Gasteiger partial charge < -0.3 is 4.79 Å². The number of carbonyl (C=O) groups is 1. The Hall–Kier alpha value is -0.220. The molecular formula is C10H7Br2FO. The summed E-state index contributed by atoms with van der Waals surface area (Å²) >= 11 is 6.68. The highest BCUT2D eigenvalue weighted by atomic mass is 79.9. The molecule has 1 unspecified atom stereocenters. The smallest absolute Gasteiger partial charge is 0.126 e. The van der Waals surface area contributed by atoms with Crippen molar-refractivity contribution in [2.24, 2.45) is 5.92 Å². The van der Waals surface area contributed by atoms with Crippen LogP contribution >= 0.6 is 31.9 Å². The van der Waals surface area contributed by atoms with Crippen LogP contribution < -0.4 is 0 Å². The largest absolute Gasteiger partial charge is 0.303 e. The van der Waals surface area contributed by atoms with Gasteiger partial charge in [0.1, 0.15) is 12.5 Å². The lowest BCUT2D eigenvalue weighted by Gasteiger charge is -2.00. The molecule has 74 valence electrons. The standard InChI is InChI=1S/C10H7Br2FO/c11-7-2-1-5(3-8(7)12)9-6(4-14)10(9)13/h1-4,6,9-10H/t6?,9-,10+/m1/s1. The van der Waals surface area contributed by atoms with E-state index in [2.05, 4.69) is 31.9 Å². The fourth-order valence-electron chi connectivity index (χ4n) is 1.58. The van der Waals surface area contributed by atoms with E-state index in [0.29, 0.717) is 6.29 Å². The van der Waals surface area contributed by atoms with Crippen LogP contribution in [0.2, 0.25) is 0 Å². The second-order valence-electron chi connectivity index (χ2n) is 3.36. The summed E-state index contributed by atoms with van der Waals surface area (Å²) in [6.45, 7) is 0. The number of aldehydes is 1. The third kappa shape index (κ3) is 1.65. The predicted octanol–water partition coefficient (Wildman–Crippen LogP) is 3.46. The van der Waals surface area contributed by atoms with Crippen molar-refractivity contribution >= 4 is 38.1 Å². The lowest BCUT2D eigenvalue weighted by atomic mass is 10.1. The van der Waals surface area contributed by atoms with Crippen molar-refractivity contribution in [3.63, 3.8) is 0 Å². The maximum atomic E-state index is 13.1. The zero-order valence-electron chi connectivity index (χ0n) is 7.08. The van der Waals surface area contributed by atoms with Gasteiger partial charge in [-0.1, -0.05) is 6.07 Å². The molecule has 1 aliphatic carbocycles. The predicted molar refractivity (Wildman–Crippen MR) is 59.0 cm³/mol. The first kappa shape index (κ1) is 10.3. The Bertz CT molecular complexity index is 380. The topological polar surface area (TPSA) is 17.1 Å². The van der Waals surface area contributed by atoms with Gasteiger partial charge in [0.05, 0.1) is 5.92 Å². The number of rotatable bonds is 2. The van der Waals surface area contributed by atoms with Crippen LogP contribution in [0.1, 0.15) is 11.5 Å². The Morgan fingerprint density at radius 3 is 2.50 bits per heavy atom.